The normalized spacial score (nSPS) is 25.5. The third kappa shape index (κ3) is 4.11. The van der Waals surface area contributed by atoms with Crippen molar-refractivity contribution in [1.82, 2.24) is 0 Å². The maximum Gasteiger partial charge on any atom is 0.306 e. The van der Waals surface area contributed by atoms with Gasteiger partial charge in [0.05, 0.1) is 16.9 Å². The Morgan fingerprint density at radius 2 is 1.71 bits per heavy atom. The second kappa shape index (κ2) is 5.62. The number of rotatable bonds is 5. The molecule has 1 saturated carbocycles. The van der Waals surface area contributed by atoms with Crippen molar-refractivity contribution in [2.45, 2.75) is 44.3 Å². The van der Waals surface area contributed by atoms with E-state index in [0.717, 1.165) is 0 Å². The highest BCUT2D eigenvalue weighted by Crippen LogP contribution is 2.29. The lowest BCUT2D eigenvalue weighted by Gasteiger charge is -2.25. The average molecular weight is 262 g/mol. The smallest absolute Gasteiger partial charge is 0.306 e. The van der Waals surface area contributed by atoms with E-state index in [2.05, 4.69) is 0 Å². The minimum Gasteiger partial charge on any atom is -0.481 e. The number of carboxylic acids is 1. The summed E-state index contributed by atoms with van der Waals surface area (Å²) < 4.78 is 23.7. The molecule has 0 aromatic heterocycles. The lowest BCUT2D eigenvalue weighted by atomic mass is 9.89. The number of carboxylic acid groups (broad SMARTS) is 1. The Balaban J connectivity index is 2.52. The van der Waals surface area contributed by atoms with Gasteiger partial charge in [0, 0.05) is 6.42 Å². The van der Waals surface area contributed by atoms with E-state index >= 15 is 0 Å². The van der Waals surface area contributed by atoms with Crippen LogP contribution in [0, 0.1) is 5.92 Å². The van der Waals surface area contributed by atoms with Crippen molar-refractivity contribution in [3.63, 3.8) is 0 Å². The van der Waals surface area contributed by atoms with Crippen LogP contribution in [0.25, 0.3) is 0 Å². The molecule has 98 valence electrons. The van der Waals surface area contributed by atoms with Crippen molar-refractivity contribution in [3.8, 4) is 0 Å². The summed E-state index contributed by atoms with van der Waals surface area (Å²) in [5, 5.41) is 8.35. The standard InChI is InChI=1S/C11H18O5S/c1-8(12)6-7-17(15,16)10-4-2-9(3-5-10)11(13)14/h9-10H,2-7H2,1H3,(H,13,14). The summed E-state index contributed by atoms with van der Waals surface area (Å²) in [6, 6.07) is 0. The molecule has 0 aromatic carbocycles. The van der Waals surface area contributed by atoms with E-state index in [4.69, 9.17) is 5.11 Å². The molecule has 0 atom stereocenters. The number of hydrogen-bond acceptors (Lipinski definition) is 4. The first-order valence-corrected chi connectivity index (χ1v) is 7.48. The molecular weight excluding hydrogens is 244 g/mol. The average Bonchev–Trinajstić information content (AvgIpc) is 2.27. The van der Waals surface area contributed by atoms with Gasteiger partial charge in [0.15, 0.2) is 9.84 Å². The van der Waals surface area contributed by atoms with Gasteiger partial charge in [0.2, 0.25) is 0 Å². The molecule has 1 N–H and O–H groups in total. The van der Waals surface area contributed by atoms with Gasteiger partial charge in [-0.25, -0.2) is 8.42 Å². The first-order valence-electron chi connectivity index (χ1n) is 5.76. The maximum absolute atomic E-state index is 11.9. The molecule has 0 unspecified atom stereocenters. The minimum atomic E-state index is -3.24. The van der Waals surface area contributed by atoms with Crippen molar-refractivity contribution in [1.29, 1.82) is 0 Å². The highest BCUT2D eigenvalue weighted by Gasteiger charge is 2.33. The van der Waals surface area contributed by atoms with E-state index in [9.17, 15) is 18.0 Å². The Bertz CT molecular complexity index is 390. The molecule has 0 amide bonds. The summed E-state index contributed by atoms with van der Waals surface area (Å²) >= 11 is 0. The third-order valence-electron chi connectivity index (χ3n) is 3.27. The summed E-state index contributed by atoms with van der Waals surface area (Å²) in [7, 11) is -3.24. The molecule has 5 nitrogen and oxygen atoms in total. The van der Waals surface area contributed by atoms with Gasteiger partial charge < -0.3 is 5.11 Å². The Kier molecular flexibility index (Phi) is 4.68. The molecule has 0 bridgehead atoms. The highest BCUT2D eigenvalue weighted by molar-refractivity contribution is 7.92. The third-order valence-corrected chi connectivity index (χ3v) is 5.53. The van der Waals surface area contributed by atoms with Crippen molar-refractivity contribution >= 4 is 21.6 Å². The molecule has 1 fully saturated rings. The van der Waals surface area contributed by atoms with Crippen molar-refractivity contribution in [3.05, 3.63) is 0 Å². The van der Waals surface area contributed by atoms with Crippen LogP contribution < -0.4 is 0 Å². The summed E-state index contributed by atoms with van der Waals surface area (Å²) in [5.41, 5.74) is 0. The van der Waals surface area contributed by atoms with Gasteiger partial charge in [-0.15, -0.1) is 0 Å². The fourth-order valence-corrected chi connectivity index (χ4v) is 4.02. The zero-order valence-electron chi connectivity index (χ0n) is 9.89. The highest BCUT2D eigenvalue weighted by atomic mass is 32.2. The lowest BCUT2D eigenvalue weighted by Crippen LogP contribution is -2.31. The maximum atomic E-state index is 11.9. The molecule has 0 saturated heterocycles. The Morgan fingerprint density at radius 1 is 1.18 bits per heavy atom. The van der Waals surface area contributed by atoms with Crippen LogP contribution in [0.5, 0.6) is 0 Å². The molecule has 0 heterocycles. The summed E-state index contributed by atoms with van der Waals surface area (Å²) in [5.74, 6) is -1.49. The summed E-state index contributed by atoms with van der Waals surface area (Å²) in [4.78, 5) is 21.5. The number of ketones is 1. The SMILES string of the molecule is CC(=O)CCS(=O)(=O)C1CCC(C(=O)O)CC1. The molecule has 0 aliphatic heterocycles. The van der Waals surface area contributed by atoms with Crippen molar-refractivity contribution < 1.29 is 23.1 Å². The van der Waals surface area contributed by atoms with Gasteiger partial charge in [-0.05, 0) is 32.6 Å². The van der Waals surface area contributed by atoms with Crippen LogP contribution in [0.1, 0.15) is 39.0 Å². The van der Waals surface area contributed by atoms with Gasteiger partial charge in [-0.1, -0.05) is 0 Å². The summed E-state index contributed by atoms with van der Waals surface area (Å²) in [6.07, 6.45) is 1.69. The molecule has 1 aliphatic carbocycles. The van der Waals surface area contributed by atoms with E-state index in [1.807, 2.05) is 0 Å². The first kappa shape index (κ1) is 14.2. The lowest BCUT2D eigenvalue weighted by molar-refractivity contribution is -0.142. The van der Waals surface area contributed by atoms with Gasteiger partial charge in [0.25, 0.3) is 0 Å². The monoisotopic (exact) mass is 262 g/mol. The molecule has 6 heteroatoms. The van der Waals surface area contributed by atoms with E-state index in [1.165, 1.54) is 6.92 Å². The Hall–Kier alpha value is -0.910. The van der Waals surface area contributed by atoms with Crippen molar-refractivity contribution in [2.24, 2.45) is 5.92 Å². The van der Waals surface area contributed by atoms with Crippen LogP contribution in [0.15, 0.2) is 0 Å². The van der Waals surface area contributed by atoms with Gasteiger partial charge in [0.1, 0.15) is 5.78 Å². The quantitative estimate of drug-likeness (QED) is 0.799. The zero-order chi connectivity index (χ0) is 13.1. The second-order valence-electron chi connectivity index (χ2n) is 4.63. The number of carbonyl (C=O) groups excluding carboxylic acids is 1. The summed E-state index contributed by atoms with van der Waals surface area (Å²) in [6.45, 7) is 1.37. The number of carbonyl (C=O) groups is 2. The van der Waals surface area contributed by atoms with Crippen LogP contribution in [-0.4, -0.2) is 36.3 Å². The van der Waals surface area contributed by atoms with Crippen LogP contribution in [0.3, 0.4) is 0 Å². The number of Topliss-reactive ketones (excluding diaryl/α,β-unsaturated/α-hetero) is 1. The Labute approximate surface area is 101 Å². The molecular formula is C11H18O5S. The van der Waals surface area contributed by atoms with Gasteiger partial charge in [-0.2, -0.15) is 0 Å². The molecule has 0 radical (unpaired) electrons. The van der Waals surface area contributed by atoms with E-state index in [0.29, 0.717) is 25.7 Å². The number of sulfone groups is 1. The number of hydrogen-bond donors (Lipinski definition) is 1. The van der Waals surface area contributed by atoms with Gasteiger partial charge in [-0.3, -0.25) is 9.59 Å². The first-order chi connectivity index (χ1) is 7.83. The van der Waals surface area contributed by atoms with E-state index in [-0.39, 0.29) is 18.0 Å². The Morgan fingerprint density at radius 3 is 2.12 bits per heavy atom. The molecule has 1 aliphatic rings. The van der Waals surface area contributed by atoms with Crippen molar-refractivity contribution in [2.75, 3.05) is 5.75 Å². The van der Waals surface area contributed by atoms with Gasteiger partial charge >= 0.3 is 5.97 Å². The molecule has 1 rings (SSSR count). The molecule has 0 spiro atoms. The van der Waals surface area contributed by atoms with Crippen LogP contribution >= 0.6 is 0 Å². The topological polar surface area (TPSA) is 88.5 Å². The zero-order valence-corrected chi connectivity index (χ0v) is 10.7. The second-order valence-corrected chi connectivity index (χ2v) is 7.03. The fourth-order valence-electron chi connectivity index (χ4n) is 2.12. The van der Waals surface area contributed by atoms with E-state index < -0.39 is 27.0 Å². The van der Waals surface area contributed by atoms with Crippen LogP contribution in [0.2, 0.25) is 0 Å². The molecule has 0 aromatic rings. The van der Waals surface area contributed by atoms with E-state index in [1.54, 1.807) is 0 Å². The predicted molar refractivity (Wildman–Crippen MR) is 62.5 cm³/mol. The fraction of sp³-hybridized carbons (Fsp3) is 0.818. The largest absolute Gasteiger partial charge is 0.481 e. The number of aliphatic carboxylic acids is 1. The van der Waals surface area contributed by atoms with Crippen LogP contribution in [0.4, 0.5) is 0 Å². The minimum absolute atomic E-state index is 0.0567. The van der Waals surface area contributed by atoms with Crippen LogP contribution in [-0.2, 0) is 19.4 Å². The molecule has 17 heavy (non-hydrogen) atoms. The predicted octanol–water partition coefficient (Wildman–Crippen LogP) is 1.02.